The Balaban J connectivity index is 2.55. The summed E-state index contributed by atoms with van der Waals surface area (Å²) in [5, 5.41) is 5.58. The Bertz CT molecular complexity index is 273. The van der Waals surface area contributed by atoms with Crippen LogP contribution in [0.4, 0.5) is 5.69 Å². The molecule has 4 nitrogen and oxygen atoms in total. The van der Waals surface area contributed by atoms with Crippen molar-refractivity contribution in [3.63, 3.8) is 0 Å². The van der Waals surface area contributed by atoms with E-state index in [1.807, 2.05) is 0 Å². The molecule has 1 amide bonds. The van der Waals surface area contributed by atoms with Crippen LogP contribution in [0.5, 0.6) is 0 Å². The van der Waals surface area contributed by atoms with E-state index in [1.54, 1.807) is 38.5 Å². The van der Waals surface area contributed by atoms with E-state index in [1.165, 1.54) is 0 Å². The number of pyridine rings is 1. The number of carbonyl (C=O) groups is 1. The fraction of sp³-hybridized carbons (Fsp3) is 0.333. The third-order valence-corrected chi connectivity index (χ3v) is 1.76. The first kappa shape index (κ1) is 9.67. The number of nitrogens with one attached hydrogen (secondary N) is 2. The molecule has 4 heteroatoms. The molecule has 0 fully saturated rings. The maximum absolute atomic E-state index is 11.3. The van der Waals surface area contributed by atoms with E-state index >= 15 is 0 Å². The Morgan fingerprint density at radius 1 is 1.62 bits per heavy atom. The van der Waals surface area contributed by atoms with Gasteiger partial charge in [0.15, 0.2) is 0 Å². The second-order valence-corrected chi connectivity index (χ2v) is 2.74. The lowest BCUT2D eigenvalue weighted by molar-refractivity contribution is -0.117. The number of aromatic nitrogens is 1. The van der Waals surface area contributed by atoms with Gasteiger partial charge in [0.05, 0.1) is 17.9 Å². The number of rotatable bonds is 3. The highest BCUT2D eigenvalue weighted by molar-refractivity contribution is 5.94. The van der Waals surface area contributed by atoms with Gasteiger partial charge in [-0.15, -0.1) is 0 Å². The fourth-order valence-electron chi connectivity index (χ4n) is 0.818. The molecular weight excluding hydrogens is 166 g/mol. The average molecular weight is 179 g/mol. The quantitative estimate of drug-likeness (QED) is 0.715. The monoisotopic (exact) mass is 179 g/mol. The Morgan fingerprint density at radius 3 is 2.92 bits per heavy atom. The molecule has 1 rings (SSSR count). The SMILES string of the molecule is CN[C@@H](C)C(=O)Nc1cccnc1. The van der Waals surface area contributed by atoms with Crippen LogP contribution in [0.2, 0.25) is 0 Å². The van der Waals surface area contributed by atoms with Crippen molar-refractivity contribution in [2.24, 2.45) is 0 Å². The summed E-state index contributed by atoms with van der Waals surface area (Å²) in [7, 11) is 1.74. The van der Waals surface area contributed by atoms with Crippen LogP contribution in [0.15, 0.2) is 24.5 Å². The van der Waals surface area contributed by atoms with Gasteiger partial charge >= 0.3 is 0 Å². The standard InChI is InChI=1S/C9H13N3O/c1-7(10-2)9(13)12-8-4-3-5-11-6-8/h3-7,10H,1-2H3,(H,12,13)/t7-/m0/s1. The molecule has 0 radical (unpaired) electrons. The van der Waals surface area contributed by atoms with Gasteiger partial charge in [-0.3, -0.25) is 9.78 Å². The third kappa shape index (κ3) is 2.83. The van der Waals surface area contributed by atoms with E-state index in [4.69, 9.17) is 0 Å². The molecule has 0 saturated carbocycles. The summed E-state index contributed by atoms with van der Waals surface area (Å²) in [4.78, 5) is 15.2. The van der Waals surface area contributed by atoms with E-state index in [-0.39, 0.29) is 11.9 Å². The van der Waals surface area contributed by atoms with Gasteiger partial charge in [0.2, 0.25) is 5.91 Å². The second kappa shape index (κ2) is 4.57. The molecular formula is C9H13N3O. The molecule has 2 N–H and O–H groups in total. The van der Waals surface area contributed by atoms with Crippen molar-refractivity contribution in [1.29, 1.82) is 0 Å². The summed E-state index contributed by atoms with van der Waals surface area (Å²) in [5.74, 6) is -0.0597. The normalized spacial score (nSPS) is 12.2. The highest BCUT2D eigenvalue weighted by atomic mass is 16.2. The predicted molar refractivity (Wildman–Crippen MR) is 51.4 cm³/mol. The predicted octanol–water partition coefficient (Wildman–Crippen LogP) is 0.628. The minimum absolute atomic E-state index is 0.0597. The first-order valence-corrected chi connectivity index (χ1v) is 4.12. The van der Waals surface area contributed by atoms with Crippen LogP contribution in [-0.4, -0.2) is 24.0 Å². The van der Waals surface area contributed by atoms with Gasteiger partial charge < -0.3 is 10.6 Å². The summed E-state index contributed by atoms with van der Waals surface area (Å²) in [6.45, 7) is 1.80. The Kier molecular flexibility index (Phi) is 3.40. The highest BCUT2D eigenvalue weighted by Crippen LogP contribution is 2.02. The van der Waals surface area contributed by atoms with Crippen LogP contribution < -0.4 is 10.6 Å². The van der Waals surface area contributed by atoms with Gasteiger partial charge in [-0.25, -0.2) is 0 Å². The van der Waals surface area contributed by atoms with Gasteiger partial charge in [0.25, 0.3) is 0 Å². The molecule has 0 unspecified atom stereocenters. The van der Waals surface area contributed by atoms with Crippen LogP contribution in [0.3, 0.4) is 0 Å². The molecule has 0 saturated heterocycles. The lowest BCUT2D eigenvalue weighted by Gasteiger charge is -2.10. The zero-order valence-corrected chi connectivity index (χ0v) is 7.74. The molecule has 0 aliphatic heterocycles. The first-order valence-electron chi connectivity index (χ1n) is 4.12. The maximum Gasteiger partial charge on any atom is 0.241 e. The molecule has 70 valence electrons. The third-order valence-electron chi connectivity index (χ3n) is 1.76. The fourth-order valence-corrected chi connectivity index (χ4v) is 0.818. The molecule has 0 aliphatic carbocycles. The summed E-state index contributed by atoms with van der Waals surface area (Å²) in [6, 6.07) is 3.38. The van der Waals surface area contributed by atoms with Crippen molar-refractivity contribution in [2.75, 3.05) is 12.4 Å². The number of amides is 1. The summed E-state index contributed by atoms with van der Waals surface area (Å²) < 4.78 is 0. The zero-order valence-electron chi connectivity index (χ0n) is 7.74. The largest absolute Gasteiger partial charge is 0.323 e. The second-order valence-electron chi connectivity index (χ2n) is 2.74. The van der Waals surface area contributed by atoms with Crippen molar-refractivity contribution in [1.82, 2.24) is 10.3 Å². The van der Waals surface area contributed by atoms with Crippen molar-refractivity contribution < 1.29 is 4.79 Å². The smallest absolute Gasteiger partial charge is 0.241 e. The number of carbonyl (C=O) groups excluding carboxylic acids is 1. The molecule has 0 bridgehead atoms. The summed E-state index contributed by atoms with van der Waals surface area (Å²) in [5.41, 5.74) is 0.717. The van der Waals surface area contributed by atoms with Crippen molar-refractivity contribution in [3.8, 4) is 0 Å². The van der Waals surface area contributed by atoms with Gasteiger partial charge in [0.1, 0.15) is 0 Å². The van der Waals surface area contributed by atoms with E-state index in [0.29, 0.717) is 0 Å². The molecule has 0 spiro atoms. The topological polar surface area (TPSA) is 54.0 Å². The van der Waals surface area contributed by atoms with E-state index < -0.39 is 0 Å². The van der Waals surface area contributed by atoms with Crippen LogP contribution >= 0.6 is 0 Å². The Labute approximate surface area is 77.4 Å². The number of likely N-dealkylation sites (N-methyl/N-ethyl adjacent to an activating group) is 1. The van der Waals surface area contributed by atoms with Crippen LogP contribution in [0.1, 0.15) is 6.92 Å². The number of hydrogen-bond acceptors (Lipinski definition) is 3. The average Bonchev–Trinajstić information content (AvgIpc) is 2.18. The molecule has 0 aromatic carbocycles. The van der Waals surface area contributed by atoms with Gasteiger partial charge in [-0.2, -0.15) is 0 Å². The molecule has 13 heavy (non-hydrogen) atoms. The minimum Gasteiger partial charge on any atom is -0.323 e. The number of nitrogens with zero attached hydrogens (tertiary/aromatic N) is 1. The maximum atomic E-state index is 11.3. The number of anilines is 1. The van der Waals surface area contributed by atoms with Crippen LogP contribution in [0.25, 0.3) is 0 Å². The Morgan fingerprint density at radius 2 is 2.38 bits per heavy atom. The van der Waals surface area contributed by atoms with E-state index in [9.17, 15) is 4.79 Å². The molecule has 1 atom stereocenters. The van der Waals surface area contributed by atoms with Crippen LogP contribution in [-0.2, 0) is 4.79 Å². The highest BCUT2D eigenvalue weighted by Gasteiger charge is 2.09. The lowest BCUT2D eigenvalue weighted by Crippen LogP contribution is -2.35. The van der Waals surface area contributed by atoms with E-state index in [2.05, 4.69) is 15.6 Å². The van der Waals surface area contributed by atoms with Crippen LogP contribution in [0, 0.1) is 0 Å². The van der Waals surface area contributed by atoms with Crippen molar-refractivity contribution in [2.45, 2.75) is 13.0 Å². The molecule has 1 heterocycles. The summed E-state index contributed by atoms with van der Waals surface area (Å²) >= 11 is 0. The van der Waals surface area contributed by atoms with Crippen molar-refractivity contribution in [3.05, 3.63) is 24.5 Å². The lowest BCUT2D eigenvalue weighted by atomic mass is 10.3. The molecule has 1 aromatic rings. The first-order chi connectivity index (χ1) is 6.24. The van der Waals surface area contributed by atoms with Gasteiger partial charge in [-0.1, -0.05) is 0 Å². The molecule has 0 aliphatic rings. The van der Waals surface area contributed by atoms with Crippen molar-refractivity contribution >= 4 is 11.6 Å². The Hall–Kier alpha value is -1.42. The zero-order chi connectivity index (χ0) is 9.68. The summed E-state index contributed by atoms with van der Waals surface area (Å²) in [6.07, 6.45) is 3.28. The van der Waals surface area contributed by atoms with E-state index in [0.717, 1.165) is 5.69 Å². The van der Waals surface area contributed by atoms with Gasteiger partial charge in [0, 0.05) is 6.20 Å². The molecule has 1 aromatic heterocycles. The number of hydrogen-bond donors (Lipinski definition) is 2. The van der Waals surface area contributed by atoms with Gasteiger partial charge in [-0.05, 0) is 26.1 Å². The minimum atomic E-state index is -0.194.